The van der Waals surface area contributed by atoms with Crippen molar-refractivity contribution in [3.05, 3.63) is 59.1 Å². The Kier molecular flexibility index (Phi) is 4.08. The predicted molar refractivity (Wildman–Crippen MR) is 77.2 cm³/mol. The first-order chi connectivity index (χ1) is 9.38. The molecule has 0 aliphatic heterocycles. The lowest BCUT2D eigenvalue weighted by Crippen LogP contribution is -2.16. The standard InChI is InChI=1S/C13H11ClN2O3S/c14-11-7-6-9(8-12(11)20(15,18)19)13(17)16-10-4-2-1-3-5-10/h1-8H,(H,16,17)(H2,15,18,19). The lowest BCUT2D eigenvalue weighted by atomic mass is 10.2. The van der Waals surface area contributed by atoms with Crippen LogP contribution in [-0.4, -0.2) is 14.3 Å². The number of nitrogens with two attached hydrogens (primary N) is 1. The Labute approximate surface area is 121 Å². The lowest BCUT2D eigenvalue weighted by Gasteiger charge is -2.07. The van der Waals surface area contributed by atoms with Crippen molar-refractivity contribution in [2.75, 3.05) is 5.32 Å². The topological polar surface area (TPSA) is 89.3 Å². The largest absolute Gasteiger partial charge is 0.322 e. The van der Waals surface area contributed by atoms with Crippen LogP contribution in [0.5, 0.6) is 0 Å². The number of nitrogens with one attached hydrogen (secondary N) is 1. The van der Waals surface area contributed by atoms with Crippen LogP contribution in [0.2, 0.25) is 5.02 Å². The van der Waals surface area contributed by atoms with Gasteiger partial charge in [0.15, 0.2) is 0 Å². The van der Waals surface area contributed by atoms with Crippen LogP contribution in [0.1, 0.15) is 10.4 Å². The molecule has 0 atom stereocenters. The van der Waals surface area contributed by atoms with Gasteiger partial charge in [0.05, 0.1) is 5.02 Å². The normalized spacial score (nSPS) is 11.1. The Morgan fingerprint density at radius 2 is 1.75 bits per heavy atom. The second kappa shape index (κ2) is 5.62. The van der Waals surface area contributed by atoms with Gasteiger partial charge < -0.3 is 5.32 Å². The summed E-state index contributed by atoms with van der Waals surface area (Å²) < 4.78 is 22.7. The maximum Gasteiger partial charge on any atom is 0.255 e. The zero-order chi connectivity index (χ0) is 14.8. The van der Waals surface area contributed by atoms with Gasteiger partial charge in [0.25, 0.3) is 5.91 Å². The molecule has 0 aliphatic rings. The van der Waals surface area contributed by atoms with E-state index in [0.717, 1.165) is 6.07 Å². The molecule has 1 amide bonds. The van der Waals surface area contributed by atoms with Crippen molar-refractivity contribution in [2.45, 2.75) is 4.90 Å². The van der Waals surface area contributed by atoms with Crippen LogP contribution < -0.4 is 10.5 Å². The minimum Gasteiger partial charge on any atom is -0.322 e. The number of sulfonamides is 1. The average Bonchev–Trinajstić information content (AvgIpc) is 2.39. The number of rotatable bonds is 3. The summed E-state index contributed by atoms with van der Waals surface area (Å²) >= 11 is 5.75. The van der Waals surface area contributed by atoms with Gasteiger partial charge in [-0.1, -0.05) is 29.8 Å². The Hall–Kier alpha value is -1.89. The van der Waals surface area contributed by atoms with Crippen LogP contribution in [0.4, 0.5) is 5.69 Å². The van der Waals surface area contributed by atoms with Crippen LogP contribution in [0, 0.1) is 0 Å². The number of halogens is 1. The monoisotopic (exact) mass is 310 g/mol. The first-order valence-corrected chi connectivity index (χ1v) is 7.49. The maximum atomic E-state index is 12.0. The number of carbonyl (C=O) groups is 1. The van der Waals surface area contributed by atoms with E-state index < -0.39 is 15.9 Å². The molecule has 2 rings (SSSR count). The van der Waals surface area contributed by atoms with E-state index in [1.165, 1.54) is 12.1 Å². The third kappa shape index (κ3) is 3.36. The van der Waals surface area contributed by atoms with Gasteiger partial charge in [-0.25, -0.2) is 13.6 Å². The maximum absolute atomic E-state index is 12.0. The molecule has 0 bridgehead atoms. The lowest BCUT2D eigenvalue weighted by molar-refractivity contribution is 0.102. The van der Waals surface area contributed by atoms with Crippen molar-refractivity contribution in [1.82, 2.24) is 0 Å². The number of hydrogen-bond acceptors (Lipinski definition) is 3. The van der Waals surface area contributed by atoms with Gasteiger partial charge in [-0.2, -0.15) is 0 Å². The van der Waals surface area contributed by atoms with Gasteiger partial charge in [-0.05, 0) is 30.3 Å². The molecule has 0 aromatic heterocycles. The summed E-state index contributed by atoms with van der Waals surface area (Å²) in [5, 5.41) is 7.65. The van der Waals surface area contributed by atoms with E-state index >= 15 is 0 Å². The van der Waals surface area contributed by atoms with Crippen LogP contribution in [-0.2, 0) is 10.0 Å². The molecule has 2 aromatic carbocycles. The summed E-state index contributed by atoms with van der Waals surface area (Å²) in [5.41, 5.74) is 0.756. The zero-order valence-corrected chi connectivity index (χ0v) is 11.8. The van der Waals surface area contributed by atoms with Crippen molar-refractivity contribution in [3.63, 3.8) is 0 Å². The Bertz CT molecular complexity index is 745. The molecule has 0 fully saturated rings. The molecule has 0 spiro atoms. The zero-order valence-electron chi connectivity index (χ0n) is 10.2. The summed E-state index contributed by atoms with van der Waals surface area (Å²) in [6, 6.07) is 12.7. The van der Waals surface area contributed by atoms with E-state index in [-0.39, 0.29) is 15.5 Å². The molecule has 2 aromatic rings. The molecule has 5 nitrogen and oxygen atoms in total. The minimum absolute atomic E-state index is 0.0243. The highest BCUT2D eigenvalue weighted by Gasteiger charge is 2.16. The van der Waals surface area contributed by atoms with Crippen molar-refractivity contribution in [1.29, 1.82) is 0 Å². The third-order valence-electron chi connectivity index (χ3n) is 2.53. The van der Waals surface area contributed by atoms with E-state index in [9.17, 15) is 13.2 Å². The Morgan fingerprint density at radius 1 is 1.10 bits per heavy atom. The van der Waals surface area contributed by atoms with Gasteiger partial charge in [0.2, 0.25) is 10.0 Å². The predicted octanol–water partition coefficient (Wildman–Crippen LogP) is 2.24. The number of anilines is 1. The molecule has 0 heterocycles. The fourth-order valence-electron chi connectivity index (χ4n) is 1.59. The second-order valence-electron chi connectivity index (χ2n) is 4.01. The molecule has 0 saturated carbocycles. The fraction of sp³-hybridized carbons (Fsp3) is 0. The molecule has 104 valence electrons. The summed E-state index contributed by atoms with van der Waals surface area (Å²) in [5.74, 6) is -0.447. The molecule has 0 unspecified atom stereocenters. The van der Waals surface area contributed by atoms with E-state index in [1.54, 1.807) is 24.3 Å². The molecular weight excluding hydrogens is 300 g/mol. The Balaban J connectivity index is 2.32. The third-order valence-corrected chi connectivity index (χ3v) is 3.92. The molecule has 0 saturated heterocycles. The molecular formula is C13H11ClN2O3S. The number of hydrogen-bond donors (Lipinski definition) is 2. The van der Waals surface area contributed by atoms with Crippen molar-refractivity contribution in [2.24, 2.45) is 5.14 Å². The van der Waals surface area contributed by atoms with Crippen LogP contribution >= 0.6 is 11.6 Å². The number of carbonyl (C=O) groups excluding carboxylic acids is 1. The molecule has 0 radical (unpaired) electrons. The van der Waals surface area contributed by atoms with E-state index in [1.807, 2.05) is 6.07 Å². The molecule has 7 heteroatoms. The highest BCUT2D eigenvalue weighted by atomic mass is 35.5. The van der Waals surface area contributed by atoms with Gasteiger partial charge >= 0.3 is 0 Å². The summed E-state index contributed by atoms with van der Waals surface area (Å²) in [6.07, 6.45) is 0. The minimum atomic E-state index is -3.97. The smallest absolute Gasteiger partial charge is 0.255 e. The highest BCUT2D eigenvalue weighted by molar-refractivity contribution is 7.89. The number of primary sulfonamides is 1. The van der Waals surface area contributed by atoms with E-state index in [4.69, 9.17) is 16.7 Å². The van der Waals surface area contributed by atoms with Gasteiger partial charge in [0.1, 0.15) is 4.90 Å². The summed E-state index contributed by atoms with van der Waals surface area (Å²) in [7, 11) is -3.97. The van der Waals surface area contributed by atoms with Gasteiger partial charge in [0, 0.05) is 11.3 Å². The first kappa shape index (κ1) is 14.5. The summed E-state index contributed by atoms with van der Waals surface area (Å²) in [4.78, 5) is 11.7. The van der Waals surface area contributed by atoms with E-state index in [2.05, 4.69) is 5.32 Å². The SMILES string of the molecule is NS(=O)(=O)c1cc(C(=O)Nc2ccccc2)ccc1Cl. The van der Waals surface area contributed by atoms with E-state index in [0.29, 0.717) is 5.69 Å². The first-order valence-electron chi connectivity index (χ1n) is 5.56. The number of benzene rings is 2. The number of para-hydroxylation sites is 1. The quantitative estimate of drug-likeness (QED) is 0.911. The van der Waals surface area contributed by atoms with Gasteiger partial charge in [-0.3, -0.25) is 4.79 Å². The fourth-order valence-corrected chi connectivity index (χ4v) is 2.66. The van der Waals surface area contributed by atoms with Crippen molar-refractivity contribution in [3.8, 4) is 0 Å². The van der Waals surface area contributed by atoms with Gasteiger partial charge in [-0.15, -0.1) is 0 Å². The van der Waals surface area contributed by atoms with Crippen molar-refractivity contribution >= 4 is 33.2 Å². The van der Waals surface area contributed by atoms with Crippen LogP contribution in [0.15, 0.2) is 53.4 Å². The Morgan fingerprint density at radius 3 is 2.35 bits per heavy atom. The van der Waals surface area contributed by atoms with Crippen LogP contribution in [0.25, 0.3) is 0 Å². The second-order valence-corrected chi connectivity index (χ2v) is 5.95. The number of amides is 1. The molecule has 0 aliphatic carbocycles. The molecule has 20 heavy (non-hydrogen) atoms. The molecule has 3 N–H and O–H groups in total. The average molecular weight is 311 g/mol. The van der Waals surface area contributed by atoms with Crippen LogP contribution in [0.3, 0.4) is 0 Å². The highest BCUT2D eigenvalue weighted by Crippen LogP contribution is 2.22. The van der Waals surface area contributed by atoms with Crippen molar-refractivity contribution < 1.29 is 13.2 Å². The summed E-state index contributed by atoms with van der Waals surface area (Å²) in [6.45, 7) is 0.